The molecular weight excluding hydrogens is 334 g/mol. The summed E-state index contributed by atoms with van der Waals surface area (Å²) in [5.41, 5.74) is 1.08. The maximum Gasteiger partial charge on any atom is 0.244 e. The zero-order valence-corrected chi connectivity index (χ0v) is 14.7. The quantitative estimate of drug-likeness (QED) is 0.753. The summed E-state index contributed by atoms with van der Waals surface area (Å²) in [5.74, 6) is 0.967. The third-order valence-electron chi connectivity index (χ3n) is 4.82. The number of carbonyl (C=O) groups excluding carboxylic acids is 1. The molecule has 2 fully saturated rings. The topological polar surface area (TPSA) is 79.6 Å². The third-order valence-corrected chi connectivity index (χ3v) is 4.82. The normalized spacial score (nSPS) is 18.2. The van der Waals surface area contributed by atoms with Crippen molar-refractivity contribution in [2.45, 2.75) is 6.54 Å². The van der Waals surface area contributed by atoms with Crippen LogP contribution in [0.1, 0.15) is 0 Å². The van der Waals surface area contributed by atoms with Gasteiger partial charge < -0.3 is 19.4 Å². The first-order chi connectivity index (χ1) is 12.8. The van der Waals surface area contributed by atoms with Crippen molar-refractivity contribution in [3.63, 3.8) is 0 Å². The highest BCUT2D eigenvalue weighted by molar-refractivity contribution is 5.76. The van der Waals surface area contributed by atoms with Crippen molar-refractivity contribution in [2.24, 2.45) is 0 Å². The summed E-state index contributed by atoms with van der Waals surface area (Å²) in [5, 5.41) is 12.6. The molecule has 0 aromatic carbocycles. The van der Waals surface area contributed by atoms with Crippen molar-refractivity contribution in [2.75, 3.05) is 62.3 Å². The molecule has 0 spiro atoms. The van der Waals surface area contributed by atoms with Gasteiger partial charge in [-0.05, 0) is 6.07 Å². The van der Waals surface area contributed by atoms with Crippen LogP contribution >= 0.6 is 0 Å². The predicted octanol–water partition coefficient (Wildman–Crippen LogP) is -0.141. The summed E-state index contributed by atoms with van der Waals surface area (Å²) in [7, 11) is 0. The Balaban J connectivity index is 1.35. The average Bonchev–Trinajstić information content (AvgIpc) is 3.22. The Morgan fingerprint density at radius 3 is 2.62 bits per heavy atom. The smallest absolute Gasteiger partial charge is 0.244 e. The van der Waals surface area contributed by atoms with Crippen molar-refractivity contribution >= 4 is 17.4 Å². The van der Waals surface area contributed by atoms with Gasteiger partial charge in [-0.3, -0.25) is 9.48 Å². The molecule has 4 heterocycles. The zero-order chi connectivity index (χ0) is 17.8. The number of aromatic nitrogens is 4. The van der Waals surface area contributed by atoms with Gasteiger partial charge in [-0.15, -0.1) is 5.10 Å². The molecule has 0 unspecified atom stereocenters. The van der Waals surface area contributed by atoms with Crippen LogP contribution in [0.4, 0.5) is 11.5 Å². The Morgan fingerprint density at radius 2 is 1.88 bits per heavy atom. The monoisotopic (exact) mass is 357 g/mol. The SMILES string of the molecule is O=C(Cn1cccn1)N1CCN(c2cc(N3CCOCC3)cnn2)CC1. The average molecular weight is 357 g/mol. The van der Waals surface area contributed by atoms with Crippen LogP contribution < -0.4 is 9.80 Å². The summed E-state index contributed by atoms with van der Waals surface area (Å²) < 4.78 is 7.07. The Morgan fingerprint density at radius 1 is 1.08 bits per heavy atom. The molecule has 0 radical (unpaired) electrons. The molecule has 9 nitrogen and oxygen atoms in total. The van der Waals surface area contributed by atoms with E-state index in [4.69, 9.17) is 4.74 Å². The van der Waals surface area contributed by atoms with Crippen LogP contribution in [0.25, 0.3) is 0 Å². The Hall–Kier alpha value is -2.68. The molecule has 2 aromatic heterocycles. The molecular formula is C17H23N7O2. The number of hydrogen-bond donors (Lipinski definition) is 0. The number of carbonyl (C=O) groups is 1. The van der Waals surface area contributed by atoms with Crippen molar-refractivity contribution in [3.05, 3.63) is 30.7 Å². The summed E-state index contributed by atoms with van der Waals surface area (Å²) >= 11 is 0. The van der Waals surface area contributed by atoms with Crippen LogP contribution in [0.15, 0.2) is 30.7 Å². The molecule has 2 aromatic rings. The number of morpholine rings is 1. The first-order valence-corrected chi connectivity index (χ1v) is 8.95. The molecule has 0 aliphatic carbocycles. The maximum absolute atomic E-state index is 12.4. The van der Waals surface area contributed by atoms with E-state index in [1.807, 2.05) is 11.0 Å². The number of anilines is 2. The molecule has 2 aliphatic rings. The summed E-state index contributed by atoms with van der Waals surface area (Å²) in [6.07, 6.45) is 5.30. The minimum Gasteiger partial charge on any atom is -0.378 e. The van der Waals surface area contributed by atoms with E-state index in [2.05, 4.69) is 31.2 Å². The van der Waals surface area contributed by atoms with Crippen LogP contribution in [0, 0.1) is 0 Å². The molecule has 1 amide bonds. The molecule has 0 saturated carbocycles. The van der Waals surface area contributed by atoms with E-state index < -0.39 is 0 Å². The van der Waals surface area contributed by atoms with E-state index in [-0.39, 0.29) is 5.91 Å². The molecule has 4 rings (SSSR count). The number of piperazine rings is 1. The Kier molecular flexibility index (Phi) is 4.96. The second kappa shape index (κ2) is 7.69. The lowest BCUT2D eigenvalue weighted by atomic mass is 10.3. The molecule has 9 heteroatoms. The van der Waals surface area contributed by atoms with Gasteiger partial charge in [0.1, 0.15) is 6.54 Å². The fourth-order valence-electron chi connectivity index (χ4n) is 3.31. The summed E-state index contributed by atoms with van der Waals surface area (Å²) in [6, 6.07) is 3.91. The van der Waals surface area contributed by atoms with Crippen LogP contribution in [-0.4, -0.2) is 83.3 Å². The van der Waals surface area contributed by atoms with Gasteiger partial charge in [0.05, 0.1) is 25.1 Å². The van der Waals surface area contributed by atoms with E-state index in [1.54, 1.807) is 23.3 Å². The first kappa shape index (κ1) is 16.8. The van der Waals surface area contributed by atoms with Crippen molar-refractivity contribution in [1.29, 1.82) is 0 Å². The first-order valence-electron chi connectivity index (χ1n) is 8.95. The van der Waals surface area contributed by atoms with Crippen LogP contribution in [0.5, 0.6) is 0 Å². The highest BCUT2D eigenvalue weighted by atomic mass is 16.5. The molecule has 2 aliphatic heterocycles. The van der Waals surface area contributed by atoms with Gasteiger partial charge in [0.15, 0.2) is 5.82 Å². The van der Waals surface area contributed by atoms with Crippen LogP contribution in [0.3, 0.4) is 0 Å². The predicted molar refractivity (Wildman–Crippen MR) is 96.1 cm³/mol. The third kappa shape index (κ3) is 3.77. The molecule has 2 saturated heterocycles. The molecule has 0 atom stereocenters. The van der Waals surface area contributed by atoms with Gasteiger partial charge in [-0.2, -0.15) is 10.2 Å². The van der Waals surface area contributed by atoms with Gasteiger partial charge in [-0.1, -0.05) is 0 Å². The van der Waals surface area contributed by atoms with Gasteiger partial charge >= 0.3 is 0 Å². The van der Waals surface area contributed by atoms with Gasteiger partial charge in [0.2, 0.25) is 5.91 Å². The van der Waals surface area contributed by atoms with E-state index in [0.29, 0.717) is 19.6 Å². The minimum absolute atomic E-state index is 0.0986. The summed E-state index contributed by atoms with van der Waals surface area (Å²) in [6.45, 7) is 6.41. The Labute approximate surface area is 152 Å². The highest BCUT2D eigenvalue weighted by Gasteiger charge is 2.23. The lowest BCUT2D eigenvalue weighted by Crippen LogP contribution is -2.50. The lowest BCUT2D eigenvalue weighted by Gasteiger charge is -2.35. The van der Waals surface area contributed by atoms with Gasteiger partial charge in [0, 0.05) is 57.7 Å². The number of rotatable bonds is 4. The number of amides is 1. The lowest BCUT2D eigenvalue weighted by molar-refractivity contribution is -0.132. The second-order valence-corrected chi connectivity index (χ2v) is 6.44. The highest BCUT2D eigenvalue weighted by Crippen LogP contribution is 2.21. The van der Waals surface area contributed by atoms with Gasteiger partial charge in [-0.25, -0.2) is 0 Å². The zero-order valence-electron chi connectivity index (χ0n) is 14.7. The van der Waals surface area contributed by atoms with E-state index in [1.165, 1.54) is 0 Å². The van der Waals surface area contributed by atoms with E-state index >= 15 is 0 Å². The number of ether oxygens (including phenoxy) is 1. The largest absolute Gasteiger partial charge is 0.378 e. The fourth-order valence-corrected chi connectivity index (χ4v) is 3.31. The number of nitrogens with zero attached hydrogens (tertiary/aromatic N) is 7. The van der Waals surface area contributed by atoms with Crippen LogP contribution in [-0.2, 0) is 16.1 Å². The Bertz CT molecular complexity index is 722. The van der Waals surface area contributed by atoms with Crippen molar-refractivity contribution in [3.8, 4) is 0 Å². The van der Waals surface area contributed by atoms with Gasteiger partial charge in [0.25, 0.3) is 0 Å². The minimum atomic E-state index is 0.0986. The number of hydrogen-bond acceptors (Lipinski definition) is 7. The molecule has 0 N–H and O–H groups in total. The van der Waals surface area contributed by atoms with E-state index in [0.717, 1.165) is 50.9 Å². The molecule has 138 valence electrons. The summed E-state index contributed by atoms with van der Waals surface area (Å²) in [4.78, 5) is 18.7. The van der Waals surface area contributed by atoms with Crippen molar-refractivity contribution < 1.29 is 9.53 Å². The molecule has 26 heavy (non-hydrogen) atoms. The van der Waals surface area contributed by atoms with E-state index in [9.17, 15) is 4.79 Å². The maximum atomic E-state index is 12.4. The molecule has 0 bridgehead atoms. The van der Waals surface area contributed by atoms with Crippen LogP contribution in [0.2, 0.25) is 0 Å². The van der Waals surface area contributed by atoms with Crippen molar-refractivity contribution in [1.82, 2.24) is 24.9 Å². The fraction of sp³-hybridized carbons (Fsp3) is 0.529. The standard InChI is InChI=1S/C17H23N7O2/c25-17(14-24-3-1-2-19-24)23-6-4-22(5-7-23)16-12-15(13-18-20-16)21-8-10-26-11-9-21/h1-3,12-13H,4-11,14H2. The second-order valence-electron chi connectivity index (χ2n) is 6.44.